The fourth-order valence-corrected chi connectivity index (χ4v) is 5.47. The van der Waals surface area contributed by atoms with E-state index in [1.165, 1.54) is 24.0 Å². The quantitative estimate of drug-likeness (QED) is 0.207. The SMILES string of the molecule is C=CCC1(C(=O)OC)Cc2ccc(OC)cc2N1C(=O)OC(C)(C)C.COC(=O)C1Cc2ccc(OC)cc2N1C(=O)OC(C)(C)C. The van der Waals surface area contributed by atoms with Gasteiger partial charge in [-0.2, -0.15) is 0 Å². The molecule has 2 unspecified atom stereocenters. The molecule has 256 valence electrons. The lowest BCUT2D eigenvalue weighted by Crippen LogP contribution is -2.57. The number of anilines is 2. The summed E-state index contributed by atoms with van der Waals surface area (Å²) in [5.41, 5.74) is 0.354. The second-order valence-electron chi connectivity index (χ2n) is 13.1. The zero-order valence-corrected chi connectivity index (χ0v) is 28.9. The molecule has 0 aliphatic carbocycles. The number of carbonyl (C=O) groups excluding carboxylic acids is 4. The molecule has 0 bridgehead atoms. The molecule has 2 atom stereocenters. The van der Waals surface area contributed by atoms with E-state index < -0.39 is 46.9 Å². The summed E-state index contributed by atoms with van der Waals surface area (Å²) in [6.07, 6.45) is 1.39. The molecule has 47 heavy (non-hydrogen) atoms. The second-order valence-corrected chi connectivity index (χ2v) is 13.1. The Kier molecular flexibility index (Phi) is 11.2. The maximum Gasteiger partial charge on any atom is 0.415 e. The highest BCUT2D eigenvalue weighted by atomic mass is 16.6. The van der Waals surface area contributed by atoms with Gasteiger partial charge in [0.1, 0.15) is 28.7 Å². The number of nitrogens with zero attached hydrogens (tertiary/aromatic N) is 2. The van der Waals surface area contributed by atoms with E-state index in [4.69, 9.17) is 28.4 Å². The molecule has 4 rings (SSSR count). The Balaban J connectivity index is 0.000000257. The van der Waals surface area contributed by atoms with E-state index in [1.807, 2.05) is 12.1 Å². The van der Waals surface area contributed by atoms with Gasteiger partial charge in [-0.05, 0) is 71.2 Å². The Morgan fingerprint density at radius 2 is 1.34 bits per heavy atom. The Morgan fingerprint density at radius 3 is 1.83 bits per heavy atom. The van der Waals surface area contributed by atoms with Crippen molar-refractivity contribution in [3.63, 3.8) is 0 Å². The van der Waals surface area contributed by atoms with Gasteiger partial charge in [0.2, 0.25) is 0 Å². The average Bonchev–Trinajstić information content (AvgIpc) is 3.54. The molecular weight excluding hydrogens is 608 g/mol. The van der Waals surface area contributed by atoms with Gasteiger partial charge < -0.3 is 28.4 Å². The van der Waals surface area contributed by atoms with Crippen LogP contribution in [0.4, 0.5) is 21.0 Å². The van der Waals surface area contributed by atoms with Crippen molar-refractivity contribution in [2.45, 2.75) is 83.6 Å². The summed E-state index contributed by atoms with van der Waals surface area (Å²) in [7, 11) is 5.71. The molecule has 0 saturated carbocycles. The van der Waals surface area contributed by atoms with Gasteiger partial charge in [0.15, 0.2) is 5.54 Å². The van der Waals surface area contributed by atoms with Gasteiger partial charge in [-0.1, -0.05) is 18.2 Å². The molecule has 0 N–H and O–H groups in total. The molecule has 0 fully saturated rings. The molecule has 12 nitrogen and oxygen atoms in total. The molecule has 0 spiro atoms. The third-order valence-corrected chi connectivity index (χ3v) is 7.41. The first-order valence-corrected chi connectivity index (χ1v) is 15.1. The van der Waals surface area contributed by atoms with Crippen LogP contribution in [0, 0.1) is 0 Å². The number of rotatable bonds is 6. The van der Waals surface area contributed by atoms with Crippen LogP contribution in [-0.4, -0.2) is 75.3 Å². The van der Waals surface area contributed by atoms with E-state index in [0.717, 1.165) is 11.1 Å². The summed E-state index contributed by atoms with van der Waals surface area (Å²) < 4.78 is 31.3. The van der Waals surface area contributed by atoms with Crippen LogP contribution < -0.4 is 19.3 Å². The van der Waals surface area contributed by atoms with Crippen LogP contribution in [-0.2, 0) is 41.4 Å². The maximum atomic E-state index is 13.0. The van der Waals surface area contributed by atoms with Crippen molar-refractivity contribution in [1.29, 1.82) is 0 Å². The van der Waals surface area contributed by atoms with Gasteiger partial charge in [0.05, 0.1) is 39.8 Å². The van der Waals surface area contributed by atoms with E-state index in [1.54, 1.807) is 86.1 Å². The molecule has 0 aromatic heterocycles. The highest BCUT2D eigenvalue weighted by Crippen LogP contribution is 2.44. The summed E-state index contributed by atoms with van der Waals surface area (Å²) in [5, 5.41) is 0. The first-order valence-electron chi connectivity index (χ1n) is 15.1. The monoisotopic (exact) mass is 654 g/mol. The van der Waals surface area contributed by atoms with Crippen LogP contribution >= 0.6 is 0 Å². The van der Waals surface area contributed by atoms with E-state index in [9.17, 15) is 19.2 Å². The summed E-state index contributed by atoms with van der Waals surface area (Å²) in [4.78, 5) is 52.9. The van der Waals surface area contributed by atoms with Crippen LogP contribution in [0.25, 0.3) is 0 Å². The minimum Gasteiger partial charge on any atom is -0.497 e. The van der Waals surface area contributed by atoms with Crippen molar-refractivity contribution in [2.75, 3.05) is 38.2 Å². The van der Waals surface area contributed by atoms with Gasteiger partial charge in [-0.25, -0.2) is 19.2 Å². The first kappa shape index (κ1) is 36.7. The molecule has 0 radical (unpaired) electrons. The third-order valence-electron chi connectivity index (χ3n) is 7.41. The van der Waals surface area contributed by atoms with Gasteiger partial charge >= 0.3 is 24.1 Å². The lowest BCUT2D eigenvalue weighted by atomic mass is 9.90. The minimum absolute atomic E-state index is 0.246. The lowest BCUT2D eigenvalue weighted by molar-refractivity contribution is -0.147. The number of benzene rings is 2. The van der Waals surface area contributed by atoms with Gasteiger partial charge in [0, 0.05) is 25.0 Å². The zero-order valence-electron chi connectivity index (χ0n) is 28.9. The predicted octanol–water partition coefficient (Wildman–Crippen LogP) is 6.02. The van der Waals surface area contributed by atoms with Crippen molar-refractivity contribution in [3.05, 3.63) is 60.2 Å². The number of ether oxygens (including phenoxy) is 6. The molecular formula is C35H46N2O10. The summed E-state index contributed by atoms with van der Waals surface area (Å²) in [6.45, 7) is 14.4. The lowest BCUT2D eigenvalue weighted by Gasteiger charge is -2.36. The maximum absolute atomic E-state index is 13.0. The van der Waals surface area contributed by atoms with Crippen LogP contribution in [0.3, 0.4) is 0 Å². The van der Waals surface area contributed by atoms with E-state index in [-0.39, 0.29) is 6.42 Å². The Labute approximate surface area is 276 Å². The first-order chi connectivity index (χ1) is 21.9. The van der Waals surface area contributed by atoms with Crippen LogP contribution in [0.1, 0.15) is 59.1 Å². The number of amides is 2. The number of hydrogen-bond donors (Lipinski definition) is 0. The number of esters is 2. The number of methoxy groups -OCH3 is 4. The van der Waals surface area contributed by atoms with Crippen molar-refractivity contribution < 1.29 is 47.6 Å². The van der Waals surface area contributed by atoms with Crippen LogP contribution in [0.5, 0.6) is 11.5 Å². The highest BCUT2D eigenvalue weighted by Gasteiger charge is 2.54. The van der Waals surface area contributed by atoms with E-state index in [0.29, 0.717) is 35.7 Å². The van der Waals surface area contributed by atoms with E-state index >= 15 is 0 Å². The predicted molar refractivity (Wildman–Crippen MR) is 176 cm³/mol. The smallest absolute Gasteiger partial charge is 0.415 e. The highest BCUT2D eigenvalue weighted by molar-refractivity contribution is 6.03. The van der Waals surface area contributed by atoms with Gasteiger partial charge in [-0.3, -0.25) is 9.80 Å². The molecule has 2 aromatic carbocycles. The van der Waals surface area contributed by atoms with Crippen molar-refractivity contribution in [2.24, 2.45) is 0 Å². The third kappa shape index (κ3) is 8.16. The molecule has 12 heteroatoms. The summed E-state index contributed by atoms with van der Waals surface area (Å²) >= 11 is 0. The number of fused-ring (bicyclic) bond motifs is 2. The molecule has 2 amide bonds. The second kappa shape index (κ2) is 14.4. The van der Waals surface area contributed by atoms with Crippen molar-refractivity contribution in [3.8, 4) is 11.5 Å². The number of hydrogen-bond acceptors (Lipinski definition) is 10. The minimum atomic E-state index is -1.21. The van der Waals surface area contributed by atoms with Crippen molar-refractivity contribution >= 4 is 35.5 Å². The molecule has 0 saturated heterocycles. The molecule has 2 heterocycles. The standard InChI is InChI=1S/C19H25NO5.C16H21NO5/c1-7-10-19(16(21)24-6)12-13-8-9-14(23-5)11-15(13)20(19)17(22)25-18(2,3)4;1-16(2,3)22-15(19)17-12-9-11(20-4)7-6-10(12)8-13(17)14(18)21-5/h7-9,11H,1,10,12H2,2-6H3;6-7,9,13H,8H2,1-5H3. The Bertz CT molecular complexity index is 1510. The Hall–Kier alpha value is -4.74. The van der Waals surface area contributed by atoms with Gasteiger partial charge in [0.25, 0.3) is 0 Å². The molecule has 2 aliphatic heterocycles. The van der Waals surface area contributed by atoms with Crippen LogP contribution in [0.15, 0.2) is 49.1 Å². The largest absolute Gasteiger partial charge is 0.497 e. The van der Waals surface area contributed by atoms with Gasteiger partial charge in [-0.15, -0.1) is 6.58 Å². The number of carbonyl (C=O) groups is 4. The molecule has 2 aliphatic rings. The Morgan fingerprint density at radius 1 is 0.809 bits per heavy atom. The van der Waals surface area contributed by atoms with E-state index in [2.05, 4.69) is 6.58 Å². The fourth-order valence-electron chi connectivity index (χ4n) is 5.47. The normalized spacial score (nSPS) is 18.1. The fraction of sp³-hybridized carbons (Fsp3) is 0.486. The van der Waals surface area contributed by atoms with Crippen molar-refractivity contribution in [1.82, 2.24) is 0 Å². The average molecular weight is 655 g/mol. The van der Waals surface area contributed by atoms with Crippen LogP contribution in [0.2, 0.25) is 0 Å². The topological polar surface area (TPSA) is 130 Å². The summed E-state index contributed by atoms with van der Waals surface area (Å²) in [6, 6.07) is 10.0. The summed E-state index contributed by atoms with van der Waals surface area (Å²) in [5.74, 6) is 0.221. The zero-order chi connectivity index (χ0) is 35.3. The molecule has 2 aromatic rings.